The molecule has 0 saturated carbocycles. The molecule has 0 aliphatic heterocycles. The third-order valence-corrected chi connectivity index (χ3v) is 4.32. The molecular formula is C16H11BrF4N4O. The predicted molar refractivity (Wildman–Crippen MR) is 85.9 cm³/mol. The van der Waals surface area contributed by atoms with Gasteiger partial charge in [0.25, 0.3) is 0 Å². The molecule has 0 bridgehead atoms. The van der Waals surface area contributed by atoms with E-state index in [-0.39, 0.29) is 11.3 Å². The number of rotatable bonds is 4. The number of aliphatic hydroxyl groups is 1. The highest BCUT2D eigenvalue weighted by Gasteiger charge is 2.42. The molecule has 2 unspecified atom stereocenters. The summed E-state index contributed by atoms with van der Waals surface area (Å²) in [4.78, 5) is 7.00. The van der Waals surface area contributed by atoms with Gasteiger partial charge in [0.1, 0.15) is 23.3 Å². The highest BCUT2D eigenvalue weighted by molar-refractivity contribution is 9.10. The van der Waals surface area contributed by atoms with Crippen LogP contribution in [0.2, 0.25) is 0 Å². The van der Waals surface area contributed by atoms with E-state index in [1.165, 1.54) is 12.3 Å². The van der Waals surface area contributed by atoms with Crippen molar-refractivity contribution in [2.24, 2.45) is 0 Å². The highest BCUT2D eigenvalue weighted by Crippen LogP contribution is 2.38. The fourth-order valence-corrected chi connectivity index (χ4v) is 2.93. The van der Waals surface area contributed by atoms with E-state index in [4.69, 9.17) is 0 Å². The van der Waals surface area contributed by atoms with E-state index in [2.05, 4.69) is 31.0 Å². The van der Waals surface area contributed by atoms with Gasteiger partial charge in [-0.15, -0.1) is 5.10 Å². The number of pyridine rings is 1. The molecule has 2 heterocycles. The van der Waals surface area contributed by atoms with Gasteiger partial charge in [-0.25, -0.2) is 13.5 Å². The third-order valence-electron chi connectivity index (χ3n) is 3.85. The van der Waals surface area contributed by atoms with E-state index in [1.807, 2.05) is 0 Å². The maximum absolute atomic E-state index is 14.3. The molecule has 10 heteroatoms. The SMILES string of the molecule is CC(O)(c1ccc(F)cc1F)C(c1ccc(Br)cn1)n1nc(F)nc1F. The zero-order chi connectivity index (χ0) is 19.1. The first-order valence-corrected chi connectivity index (χ1v) is 8.06. The van der Waals surface area contributed by atoms with Gasteiger partial charge in [-0.1, -0.05) is 6.07 Å². The second-order valence-corrected chi connectivity index (χ2v) is 6.59. The summed E-state index contributed by atoms with van der Waals surface area (Å²) in [5, 5.41) is 14.3. The summed E-state index contributed by atoms with van der Waals surface area (Å²) in [6.45, 7) is 1.16. The Balaban J connectivity index is 2.22. The van der Waals surface area contributed by atoms with Crippen molar-refractivity contribution >= 4 is 15.9 Å². The Morgan fingerprint density at radius 1 is 1.15 bits per heavy atom. The van der Waals surface area contributed by atoms with E-state index < -0.39 is 35.4 Å². The van der Waals surface area contributed by atoms with Crippen LogP contribution in [-0.4, -0.2) is 24.9 Å². The summed E-state index contributed by atoms with van der Waals surface area (Å²) >= 11 is 3.19. The standard InChI is InChI=1S/C16H11BrF4N4O/c1-16(26,10-4-3-9(18)6-11(10)19)13(12-5-2-8(17)7-22-12)25-15(21)23-14(20)24-25/h2-7,13,26H,1H3. The van der Waals surface area contributed by atoms with Crippen LogP contribution in [0.25, 0.3) is 0 Å². The lowest BCUT2D eigenvalue weighted by atomic mass is 9.85. The van der Waals surface area contributed by atoms with Crippen LogP contribution >= 0.6 is 15.9 Å². The Morgan fingerprint density at radius 3 is 2.42 bits per heavy atom. The minimum atomic E-state index is -2.17. The van der Waals surface area contributed by atoms with Crippen LogP contribution in [0.5, 0.6) is 0 Å². The Bertz CT molecular complexity index is 946. The van der Waals surface area contributed by atoms with Crippen molar-refractivity contribution in [2.45, 2.75) is 18.6 Å². The quantitative estimate of drug-likeness (QED) is 0.643. The Hall–Kier alpha value is -2.33. The minimum absolute atomic E-state index is 0.0609. The van der Waals surface area contributed by atoms with Gasteiger partial charge in [0.2, 0.25) is 0 Å². The van der Waals surface area contributed by atoms with E-state index in [0.717, 1.165) is 19.1 Å². The van der Waals surface area contributed by atoms with Crippen molar-refractivity contribution in [3.63, 3.8) is 0 Å². The van der Waals surface area contributed by atoms with Gasteiger partial charge in [0, 0.05) is 22.3 Å². The van der Waals surface area contributed by atoms with Crippen molar-refractivity contribution in [1.82, 2.24) is 19.7 Å². The molecule has 26 heavy (non-hydrogen) atoms. The van der Waals surface area contributed by atoms with Crippen LogP contribution < -0.4 is 0 Å². The van der Waals surface area contributed by atoms with Gasteiger partial charge >= 0.3 is 12.2 Å². The van der Waals surface area contributed by atoms with Crippen LogP contribution in [0.4, 0.5) is 17.6 Å². The number of benzene rings is 1. The maximum Gasteiger partial charge on any atom is 0.329 e. The number of hydrogen-bond acceptors (Lipinski definition) is 4. The molecule has 3 rings (SSSR count). The monoisotopic (exact) mass is 430 g/mol. The molecule has 1 N–H and O–H groups in total. The number of aromatic nitrogens is 4. The fraction of sp³-hybridized carbons (Fsp3) is 0.188. The summed E-state index contributed by atoms with van der Waals surface area (Å²) < 4.78 is 56.0. The molecule has 0 spiro atoms. The van der Waals surface area contributed by atoms with Crippen molar-refractivity contribution in [2.75, 3.05) is 0 Å². The van der Waals surface area contributed by atoms with E-state index >= 15 is 0 Å². The topological polar surface area (TPSA) is 63.8 Å². The molecule has 2 atom stereocenters. The van der Waals surface area contributed by atoms with Gasteiger partial charge < -0.3 is 5.11 Å². The maximum atomic E-state index is 14.3. The smallest absolute Gasteiger partial charge is 0.329 e. The van der Waals surface area contributed by atoms with Crippen LogP contribution in [-0.2, 0) is 5.60 Å². The molecular weight excluding hydrogens is 420 g/mol. The second kappa shape index (κ2) is 6.76. The summed E-state index contributed by atoms with van der Waals surface area (Å²) in [7, 11) is 0. The molecule has 0 fully saturated rings. The molecule has 0 saturated heterocycles. The zero-order valence-electron chi connectivity index (χ0n) is 13.2. The van der Waals surface area contributed by atoms with Crippen molar-refractivity contribution in [3.8, 4) is 0 Å². The molecule has 5 nitrogen and oxygen atoms in total. The number of nitrogens with zero attached hydrogens (tertiary/aromatic N) is 4. The van der Waals surface area contributed by atoms with Crippen molar-refractivity contribution in [1.29, 1.82) is 0 Å². The third kappa shape index (κ3) is 3.34. The van der Waals surface area contributed by atoms with Crippen molar-refractivity contribution in [3.05, 3.63) is 76.0 Å². The van der Waals surface area contributed by atoms with Gasteiger partial charge in [-0.2, -0.15) is 13.8 Å². The van der Waals surface area contributed by atoms with Crippen LogP contribution in [0.3, 0.4) is 0 Å². The van der Waals surface area contributed by atoms with E-state index in [1.54, 1.807) is 6.07 Å². The summed E-state index contributed by atoms with van der Waals surface area (Å²) in [6, 6.07) is 4.03. The van der Waals surface area contributed by atoms with Crippen LogP contribution in [0, 0.1) is 23.8 Å². The zero-order valence-corrected chi connectivity index (χ0v) is 14.8. The Morgan fingerprint density at radius 2 is 1.88 bits per heavy atom. The first-order chi connectivity index (χ1) is 12.2. The van der Waals surface area contributed by atoms with Gasteiger partial charge in [0.15, 0.2) is 0 Å². The molecule has 0 radical (unpaired) electrons. The van der Waals surface area contributed by atoms with Crippen molar-refractivity contribution < 1.29 is 22.7 Å². The number of hydrogen-bond donors (Lipinski definition) is 1. The average Bonchev–Trinajstić information content (AvgIpc) is 2.87. The minimum Gasteiger partial charge on any atom is -0.383 e. The van der Waals surface area contributed by atoms with Crippen LogP contribution in [0.1, 0.15) is 24.2 Å². The highest BCUT2D eigenvalue weighted by atomic mass is 79.9. The average molecular weight is 431 g/mol. The molecule has 3 aromatic rings. The Kier molecular flexibility index (Phi) is 4.80. The lowest BCUT2D eigenvalue weighted by molar-refractivity contribution is 0.00192. The van der Waals surface area contributed by atoms with E-state index in [9.17, 15) is 22.7 Å². The van der Waals surface area contributed by atoms with Crippen LogP contribution in [0.15, 0.2) is 41.0 Å². The molecule has 0 aliphatic carbocycles. The fourth-order valence-electron chi connectivity index (χ4n) is 2.69. The van der Waals surface area contributed by atoms with E-state index in [0.29, 0.717) is 15.2 Å². The second-order valence-electron chi connectivity index (χ2n) is 5.67. The normalized spacial score (nSPS) is 14.9. The summed E-state index contributed by atoms with van der Waals surface area (Å²) in [6.07, 6.45) is -1.33. The first-order valence-electron chi connectivity index (χ1n) is 7.27. The molecule has 2 aromatic heterocycles. The molecule has 0 amide bonds. The first kappa shape index (κ1) is 18.5. The lowest BCUT2D eigenvalue weighted by Crippen LogP contribution is -2.37. The van der Waals surface area contributed by atoms with Gasteiger partial charge in [-0.05, 0) is 41.1 Å². The Labute approximate surface area is 153 Å². The lowest BCUT2D eigenvalue weighted by Gasteiger charge is -2.33. The van der Waals surface area contributed by atoms with Gasteiger partial charge in [-0.3, -0.25) is 4.98 Å². The molecule has 0 aliphatic rings. The largest absolute Gasteiger partial charge is 0.383 e. The molecule has 1 aromatic carbocycles. The number of halogens is 5. The predicted octanol–water partition coefficient (Wildman–Crippen LogP) is 3.49. The van der Waals surface area contributed by atoms with Gasteiger partial charge in [0.05, 0.1) is 5.69 Å². The summed E-state index contributed by atoms with van der Waals surface area (Å²) in [5.41, 5.74) is -2.45. The summed E-state index contributed by atoms with van der Waals surface area (Å²) in [5.74, 6) is -1.91. The molecule has 136 valence electrons.